The van der Waals surface area contributed by atoms with Gasteiger partial charge in [0.15, 0.2) is 0 Å². The molecule has 0 aliphatic heterocycles. The van der Waals surface area contributed by atoms with E-state index in [1.807, 2.05) is 19.1 Å². The Kier molecular flexibility index (Phi) is 4.68. The van der Waals surface area contributed by atoms with Crippen molar-refractivity contribution in [1.29, 1.82) is 0 Å². The number of amides is 1. The van der Waals surface area contributed by atoms with Crippen molar-refractivity contribution in [2.24, 2.45) is 0 Å². The number of carbonyl (C=O) groups is 1. The van der Waals surface area contributed by atoms with E-state index in [0.29, 0.717) is 22.0 Å². The summed E-state index contributed by atoms with van der Waals surface area (Å²) in [5.41, 5.74) is 2.14. The molecular formula is C15H13BrClNO2. The molecule has 0 heterocycles. The minimum absolute atomic E-state index is 0.230. The molecule has 0 saturated carbocycles. The van der Waals surface area contributed by atoms with Gasteiger partial charge in [-0.15, -0.1) is 0 Å². The van der Waals surface area contributed by atoms with Gasteiger partial charge in [-0.3, -0.25) is 4.79 Å². The summed E-state index contributed by atoms with van der Waals surface area (Å²) in [4.78, 5) is 12.3. The zero-order valence-corrected chi connectivity index (χ0v) is 13.4. The number of hydrogen-bond donors (Lipinski definition) is 1. The Morgan fingerprint density at radius 3 is 2.65 bits per heavy atom. The maximum Gasteiger partial charge on any atom is 0.256 e. The molecule has 0 unspecified atom stereocenters. The maximum atomic E-state index is 12.3. The van der Waals surface area contributed by atoms with Gasteiger partial charge in [0.1, 0.15) is 5.75 Å². The van der Waals surface area contributed by atoms with Crippen LogP contribution in [0.3, 0.4) is 0 Å². The molecule has 3 nitrogen and oxygen atoms in total. The Bertz CT molecular complexity index is 658. The van der Waals surface area contributed by atoms with Crippen LogP contribution in [0.5, 0.6) is 5.75 Å². The van der Waals surface area contributed by atoms with E-state index >= 15 is 0 Å². The fourth-order valence-electron chi connectivity index (χ4n) is 1.72. The monoisotopic (exact) mass is 353 g/mol. The molecule has 2 aromatic carbocycles. The highest BCUT2D eigenvalue weighted by molar-refractivity contribution is 9.10. The second-order valence-electron chi connectivity index (χ2n) is 4.28. The van der Waals surface area contributed by atoms with E-state index in [0.717, 1.165) is 10.0 Å². The predicted octanol–water partition coefficient (Wildman–Crippen LogP) is 4.67. The largest absolute Gasteiger partial charge is 0.497 e. The van der Waals surface area contributed by atoms with Crippen molar-refractivity contribution in [1.82, 2.24) is 0 Å². The van der Waals surface area contributed by atoms with Crippen molar-refractivity contribution in [2.45, 2.75) is 6.92 Å². The van der Waals surface area contributed by atoms with Crippen LogP contribution in [0.15, 0.2) is 40.9 Å². The van der Waals surface area contributed by atoms with E-state index in [4.69, 9.17) is 16.3 Å². The first-order valence-corrected chi connectivity index (χ1v) is 7.09. The van der Waals surface area contributed by atoms with Crippen LogP contribution < -0.4 is 10.1 Å². The smallest absolute Gasteiger partial charge is 0.256 e. The number of rotatable bonds is 3. The second-order valence-corrected chi connectivity index (χ2v) is 5.54. The molecule has 5 heteroatoms. The molecule has 1 N–H and O–H groups in total. The lowest BCUT2D eigenvalue weighted by Gasteiger charge is -2.10. The van der Waals surface area contributed by atoms with Crippen LogP contribution in [0.1, 0.15) is 15.9 Å². The van der Waals surface area contributed by atoms with Gasteiger partial charge < -0.3 is 10.1 Å². The normalized spacial score (nSPS) is 10.2. The standard InChI is InChI=1S/C15H13BrClNO2/c1-9-3-5-11(12(16)7-9)15(19)18-14-8-10(20-2)4-6-13(14)17/h3-8H,1-2H3,(H,18,19). The van der Waals surface area contributed by atoms with E-state index in [1.54, 1.807) is 31.4 Å². The Hall–Kier alpha value is -1.52. The summed E-state index contributed by atoms with van der Waals surface area (Å²) in [6, 6.07) is 10.6. The van der Waals surface area contributed by atoms with Gasteiger partial charge in [-0.2, -0.15) is 0 Å². The molecule has 2 rings (SSSR count). The van der Waals surface area contributed by atoms with Crippen LogP contribution in [0.4, 0.5) is 5.69 Å². The van der Waals surface area contributed by atoms with E-state index in [-0.39, 0.29) is 5.91 Å². The van der Waals surface area contributed by atoms with Gasteiger partial charge in [0, 0.05) is 10.5 Å². The summed E-state index contributed by atoms with van der Waals surface area (Å²) in [7, 11) is 1.56. The lowest BCUT2D eigenvalue weighted by Crippen LogP contribution is -2.13. The minimum atomic E-state index is -0.230. The first kappa shape index (κ1) is 14.9. The highest BCUT2D eigenvalue weighted by atomic mass is 79.9. The fraction of sp³-hybridized carbons (Fsp3) is 0.133. The van der Waals surface area contributed by atoms with E-state index < -0.39 is 0 Å². The lowest BCUT2D eigenvalue weighted by atomic mass is 10.1. The molecule has 0 fully saturated rings. The lowest BCUT2D eigenvalue weighted by molar-refractivity contribution is 0.102. The summed E-state index contributed by atoms with van der Waals surface area (Å²) in [5, 5.41) is 3.24. The number of carbonyl (C=O) groups excluding carboxylic acids is 1. The number of hydrogen-bond acceptors (Lipinski definition) is 2. The number of ether oxygens (including phenoxy) is 1. The highest BCUT2D eigenvalue weighted by Crippen LogP contribution is 2.28. The van der Waals surface area contributed by atoms with Crippen molar-refractivity contribution in [3.05, 3.63) is 57.0 Å². The number of nitrogens with one attached hydrogen (secondary N) is 1. The first-order valence-electron chi connectivity index (χ1n) is 5.92. The Labute approximate surface area is 131 Å². The Balaban J connectivity index is 2.27. The minimum Gasteiger partial charge on any atom is -0.497 e. The van der Waals surface area contributed by atoms with Crippen LogP contribution in [0.2, 0.25) is 5.02 Å². The summed E-state index contributed by atoms with van der Waals surface area (Å²) in [6.07, 6.45) is 0. The molecule has 0 radical (unpaired) electrons. The zero-order chi connectivity index (χ0) is 14.7. The topological polar surface area (TPSA) is 38.3 Å². The Morgan fingerprint density at radius 2 is 2.00 bits per heavy atom. The van der Waals surface area contributed by atoms with Gasteiger partial charge in [-0.1, -0.05) is 17.7 Å². The van der Waals surface area contributed by atoms with Crippen LogP contribution in [0, 0.1) is 6.92 Å². The fourth-order valence-corrected chi connectivity index (χ4v) is 2.56. The molecule has 20 heavy (non-hydrogen) atoms. The Morgan fingerprint density at radius 1 is 1.25 bits per heavy atom. The molecule has 0 spiro atoms. The molecular weight excluding hydrogens is 342 g/mol. The van der Waals surface area contributed by atoms with Gasteiger partial charge in [-0.25, -0.2) is 0 Å². The first-order chi connectivity index (χ1) is 9.51. The molecule has 0 atom stereocenters. The van der Waals surface area contributed by atoms with Crippen LogP contribution in [-0.2, 0) is 0 Å². The quantitative estimate of drug-likeness (QED) is 0.869. The van der Waals surface area contributed by atoms with Gasteiger partial charge in [0.05, 0.1) is 23.4 Å². The van der Waals surface area contributed by atoms with Crippen molar-refractivity contribution in [2.75, 3.05) is 12.4 Å². The van der Waals surface area contributed by atoms with E-state index in [9.17, 15) is 4.79 Å². The van der Waals surface area contributed by atoms with Gasteiger partial charge >= 0.3 is 0 Å². The van der Waals surface area contributed by atoms with Gasteiger partial charge in [0.2, 0.25) is 0 Å². The van der Waals surface area contributed by atoms with E-state index in [1.165, 1.54) is 0 Å². The molecule has 2 aromatic rings. The second kappa shape index (κ2) is 6.29. The number of benzene rings is 2. The molecule has 0 saturated heterocycles. The third kappa shape index (κ3) is 3.32. The van der Waals surface area contributed by atoms with Gasteiger partial charge in [0.25, 0.3) is 5.91 Å². The van der Waals surface area contributed by atoms with Crippen LogP contribution in [-0.4, -0.2) is 13.0 Å². The summed E-state index contributed by atoms with van der Waals surface area (Å²) in [5.74, 6) is 0.402. The summed E-state index contributed by atoms with van der Waals surface area (Å²) < 4.78 is 5.86. The molecule has 0 aliphatic carbocycles. The molecule has 0 aliphatic rings. The summed E-state index contributed by atoms with van der Waals surface area (Å²) in [6.45, 7) is 1.96. The highest BCUT2D eigenvalue weighted by Gasteiger charge is 2.12. The maximum absolute atomic E-state index is 12.3. The molecule has 104 valence electrons. The molecule has 0 bridgehead atoms. The predicted molar refractivity (Wildman–Crippen MR) is 84.8 cm³/mol. The average molecular weight is 355 g/mol. The van der Waals surface area contributed by atoms with Crippen molar-refractivity contribution in [3.8, 4) is 5.75 Å². The number of anilines is 1. The SMILES string of the molecule is COc1ccc(Cl)c(NC(=O)c2ccc(C)cc2Br)c1. The zero-order valence-electron chi connectivity index (χ0n) is 11.0. The third-order valence-corrected chi connectivity index (χ3v) is 3.78. The molecule has 0 aromatic heterocycles. The van der Waals surface area contributed by atoms with Crippen molar-refractivity contribution < 1.29 is 9.53 Å². The summed E-state index contributed by atoms with van der Waals surface area (Å²) >= 11 is 9.46. The average Bonchev–Trinajstić information content (AvgIpc) is 2.41. The van der Waals surface area contributed by atoms with Gasteiger partial charge in [-0.05, 0) is 52.7 Å². The molecule has 1 amide bonds. The number of aryl methyl sites for hydroxylation is 1. The number of halogens is 2. The van der Waals surface area contributed by atoms with Crippen molar-refractivity contribution >= 4 is 39.1 Å². The van der Waals surface area contributed by atoms with E-state index in [2.05, 4.69) is 21.2 Å². The van der Waals surface area contributed by atoms with Crippen LogP contribution >= 0.6 is 27.5 Å². The third-order valence-electron chi connectivity index (χ3n) is 2.79. The van der Waals surface area contributed by atoms with Crippen molar-refractivity contribution in [3.63, 3.8) is 0 Å². The number of methoxy groups -OCH3 is 1. The van der Waals surface area contributed by atoms with Crippen LogP contribution in [0.25, 0.3) is 0 Å².